The summed E-state index contributed by atoms with van der Waals surface area (Å²) in [6, 6.07) is 8.37. The molecule has 0 bridgehead atoms. The molecular formula is C16H21N3O2S. The van der Waals surface area contributed by atoms with E-state index in [4.69, 9.17) is 9.26 Å². The maximum atomic E-state index is 5.39. The van der Waals surface area contributed by atoms with Crippen LogP contribution in [0.1, 0.15) is 23.6 Å². The van der Waals surface area contributed by atoms with Crippen molar-refractivity contribution in [2.24, 2.45) is 0 Å². The first-order valence-electron chi connectivity index (χ1n) is 7.52. The summed E-state index contributed by atoms with van der Waals surface area (Å²) in [6.07, 6.45) is 2.04. The van der Waals surface area contributed by atoms with Gasteiger partial charge in [-0.25, -0.2) is 0 Å². The summed E-state index contributed by atoms with van der Waals surface area (Å²) in [5.74, 6) is 1.35. The van der Waals surface area contributed by atoms with Crippen LogP contribution >= 0.6 is 11.8 Å². The van der Waals surface area contributed by atoms with Gasteiger partial charge in [0, 0.05) is 25.2 Å². The zero-order chi connectivity index (χ0) is 15.4. The second kappa shape index (κ2) is 7.26. The van der Waals surface area contributed by atoms with Crippen LogP contribution in [0.15, 0.2) is 28.8 Å². The van der Waals surface area contributed by atoms with Gasteiger partial charge in [-0.15, -0.1) is 0 Å². The van der Waals surface area contributed by atoms with Crippen LogP contribution < -0.4 is 0 Å². The number of nitrogens with zero attached hydrogens (tertiary/aromatic N) is 3. The summed E-state index contributed by atoms with van der Waals surface area (Å²) in [6.45, 7) is 6.62. The van der Waals surface area contributed by atoms with Gasteiger partial charge in [0.25, 0.3) is 0 Å². The molecular weight excluding hydrogens is 298 g/mol. The quantitative estimate of drug-likeness (QED) is 0.844. The van der Waals surface area contributed by atoms with Crippen molar-refractivity contribution in [3.63, 3.8) is 0 Å². The molecule has 118 valence electrons. The fourth-order valence-electron chi connectivity index (χ4n) is 2.44. The first kappa shape index (κ1) is 15.5. The predicted octanol–water partition coefficient (Wildman–Crippen LogP) is 2.99. The lowest BCUT2D eigenvalue weighted by atomic mass is 10.1. The third kappa shape index (κ3) is 3.69. The molecule has 0 aliphatic carbocycles. The number of hydrogen-bond acceptors (Lipinski definition) is 6. The van der Waals surface area contributed by atoms with Crippen LogP contribution in [0, 0.1) is 0 Å². The molecule has 0 spiro atoms. The second-order valence-corrected chi connectivity index (χ2v) is 6.60. The van der Waals surface area contributed by atoms with Gasteiger partial charge < -0.3 is 9.26 Å². The van der Waals surface area contributed by atoms with Crippen molar-refractivity contribution in [3.8, 4) is 11.4 Å². The highest BCUT2D eigenvalue weighted by Crippen LogP contribution is 2.26. The topological polar surface area (TPSA) is 51.4 Å². The Morgan fingerprint density at radius 3 is 2.91 bits per heavy atom. The predicted molar refractivity (Wildman–Crippen MR) is 87.8 cm³/mol. The van der Waals surface area contributed by atoms with Gasteiger partial charge in [0.1, 0.15) is 0 Å². The smallest absolute Gasteiger partial charge is 0.239 e. The highest BCUT2D eigenvalue weighted by atomic mass is 32.2. The van der Waals surface area contributed by atoms with Crippen molar-refractivity contribution in [3.05, 3.63) is 35.7 Å². The largest absolute Gasteiger partial charge is 0.379 e. The minimum absolute atomic E-state index is 0.220. The van der Waals surface area contributed by atoms with E-state index in [9.17, 15) is 0 Å². The average molecular weight is 319 g/mol. The lowest BCUT2D eigenvalue weighted by molar-refractivity contribution is 0.0342. The molecule has 1 aliphatic heterocycles. The van der Waals surface area contributed by atoms with Crippen LogP contribution in [0.3, 0.4) is 0 Å². The zero-order valence-electron chi connectivity index (χ0n) is 13.0. The van der Waals surface area contributed by atoms with Crippen LogP contribution in [0.5, 0.6) is 0 Å². The highest BCUT2D eigenvalue weighted by Gasteiger charge is 2.15. The van der Waals surface area contributed by atoms with Gasteiger partial charge >= 0.3 is 0 Å². The number of rotatable bonds is 5. The molecule has 1 saturated heterocycles. The summed E-state index contributed by atoms with van der Waals surface area (Å²) in [5.41, 5.74) is 2.28. The Labute approximate surface area is 135 Å². The van der Waals surface area contributed by atoms with Crippen LogP contribution in [0.25, 0.3) is 11.4 Å². The molecule has 1 aromatic heterocycles. The maximum absolute atomic E-state index is 5.39. The summed E-state index contributed by atoms with van der Waals surface area (Å²) in [5, 5.41) is 4.33. The number of morpholine rings is 1. The van der Waals surface area contributed by atoms with E-state index in [1.165, 1.54) is 5.56 Å². The number of benzene rings is 1. The molecule has 2 aromatic rings. The molecule has 22 heavy (non-hydrogen) atoms. The minimum atomic E-state index is 0.220. The molecule has 1 aromatic carbocycles. The Morgan fingerprint density at radius 2 is 2.14 bits per heavy atom. The van der Waals surface area contributed by atoms with E-state index in [2.05, 4.69) is 40.2 Å². The third-order valence-electron chi connectivity index (χ3n) is 3.84. The standard InChI is InChI=1S/C16H21N3O2S/c1-12(22-2)16-17-15(18-21-16)14-5-3-4-13(10-14)11-19-6-8-20-9-7-19/h3-5,10,12H,6-9,11H2,1-2H3/t12-/m0/s1. The first-order valence-corrected chi connectivity index (χ1v) is 8.81. The van der Waals surface area contributed by atoms with E-state index in [0.29, 0.717) is 11.7 Å². The molecule has 5 nitrogen and oxygen atoms in total. The van der Waals surface area contributed by atoms with E-state index < -0.39 is 0 Å². The Bertz CT molecular complexity index is 611. The molecule has 1 aliphatic rings. The fraction of sp³-hybridized carbons (Fsp3) is 0.500. The number of hydrogen-bond donors (Lipinski definition) is 0. The van der Waals surface area contributed by atoms with Gasteiger partial charge in [-0.05, 0) is 24.8 Å². The summed E-state index contributed by atoms with van der Waals surface area (Å²) >= 11 is 1.70. The molecule has 0 amide bonds. The Hall–Kier alpha value is -1.37. The fourth-order valence-corrected chi connectivity index (χ4v) is 2.74. The van der Waals surface area contributed by atoms with Crippen molar-refractivity contribution < 1.29 is 9.26 Å². The lowest BCUT2D eigenvalue weighted by Gasteiger charge is -2.26. The van der Waals surface area contributed by atoms with Gasteiger partial charge in [-0.2, -0.15) is 16.7 Å². The molecule has 1 fully saturated rings. The zero-order valence-corrected chi connectivity index (χ0v) is 13.8. The van der Waals surface area contributed by atoms with Gasteiger partial charge in [0.2, 0.25) is 11.7 Å². The molecule has 0 radical (unpaired) electrons. The highest BCUT2D eigenvalue weighted by molar-refractivity contribution is 7.98. The van der Waals surface area contributed by atoms with Crippen molar-refractivity contribution in [2.45, 2.75) is 18.7 Å². The number of aromatic nitrogens is 2. The van der Waals surface area contributed by atoms with Crippen LogP contribution in [0.4, 0.5) is 0 Å². The van der Waals surface area contributed by atoms with Crippen LogP contribution in [-0.2, 0) is 11.3 Å². The maximum Gasteiger partial charge on any atom is 0.239 e. The van der Waals surface area contributed by atoms with Crippen molar-refractivity contribution in [1.82, 2.24) is 15.0 Å². The SMILES string of the molecule is CS[C@@H](C)c1nc(-c2cccc(CN3CCOCC3)c2)no1. The van der Waals surface area contributed by atoms with Gasteiger partial charge in [0.15, 0.2) is 0 Å². The summed E-state index contributed by atoms with van der Waals surface area (Å²) in [4.78, 5) is 6.91. The Kier molecular flexibility index (Phi) is 5.12. The van der Waals surface area contributed by atoms with E-state index in [0.717, 1.165) is 38.4 Å². The average Bonchev–Trinajstić information content (AvgIpc) is 3.05. The van der Waals surface area contributed by atoms with Crippen LogP contribution in [-0.4, -0.2) is 47.6 Å². The number of thioether (sulfide) groups is 1. The van der Waals surface area contributed by atoms with E-state index in [1.54, 1.807) is 11.8 Å². The molecule has 1 atom stereocenters. The van der Waals surface area contributed by atoms with Gasteiger partial charge in [-0.1, -0.05) is 23.4 Å². The Morgan fingerprint density at radius 1 is 1.32 bits per heavy atom. The Balaban J connectivity index is 1.74. The van der Waals surface area contributed by atoms with Gasteiger partial charge in [0.05, 0.1) is 18.5 Å². The summed E-state index contributed by atoms with van der Waals surface area (Å²) in [7, 11) is 0. The van der Waals surface area contributed by atoms with Gasteiger partial charge in [-0.3, -0.25) is 4.90 Å². The summed E-state index contributed by atoms with van der Waals surface area (Å²) < 4.78 is 10.7. The molecule has 0 N–H and O–H groups in total. The molecule has 2 heterocycles. The lowest BCUT2D eigenvalue weighted by Crippen LogP contribution is -2.35. The normalized spacial score (nSPS) is 17.5. The van der Waals surface area contributed by atoms with Crippen LogP contribution in [0.2, 0.25) is 0 Å². The second-order valence-electron chi connectivity index (χ2n) is 5.42. The third-order valence-corrected chi connectivity index (χ3v) is 4.75. The first-order chi connectivity index (χ1) is 10.8. The van der Waals surface area contributed by atoms with Crippen molar-refractivity contribution >= 4 is 11.8 Å². The minimum Gasteiger partial charge on any atom is -0.379 e. The van der Waals surface area contributed by atoms with E-state index >= 15 is 0 Å². The molecule has 6 heteroatoms. The molecule has 0 unspecified atom stereocenters. The van der Waals surface area contributed by atoms with E-state index in [-0.39, 0.29) is 5.25 Å². The van der Waals surface area contributed by atoms with Crippen molar-refractivity contribution in [1.29, 1.82) is 0 Å². The van der Waals surface area contributed by atoms with E-state index in [1.807, 2.05) is 12.3 Å². The molecule has 0 saturated carbocycles. The molecule has 3 rings (SSSR count). The van der Waals surface area contributed by atoms with Crippen molar-refractivity contribution in [2.75, 3.05) is 32.6 Å². The number of ether oxygens (including phenoxy) is 1. The monoisotopic (exact) mass is 319 g/mol.